The van der Waals surface area contributed by atoms with E-state index in [-0.39, 0.29) is 5.91 Å². The normalized spacial score (nSPS) is 10.4. The van der Waals surface area contributed by atoms with E-state index in [1.54, 1.807) is 0 Å². The molecule has 27 heavy (non-hydrogen) atoms. The first-order valence-corrected chi connectivity index (χ1v) is 8.79. The Bertz CT molecular complexity index is 988. The third-order valence-electron chi connectivity index (χ3n) is 4.27. The number of amides is 1. The lowest BCUT2D eigenvalue weighted by Gasteiger charge is -2.10. The number of benzene rings is 3. The number of nitrogens with one attached hydrogen (secondary N) is 1. The molecule has 3 nitrogen and oxygen atoms in total. The van der Waals surface area contributed by atoms with Gasteiger partial charge in [0.15, 0.2) is 0 Å². The zero-order chi connectivity index (χ0) is 18.5. The molecule has 0 bridgehead atoms. The Hall–Kier alpha value is -3.72. The Morgan fingerprint density at radius 1 is 0.630 bits per heavy atom. The summed E-state index contributed by atoms with van der Waals surface area (Å²) in [6.07, 6.45) is 0. The molecule has 0 saturated carbocycles. The minimum atomic E-state index is -0.226. The molecule has 0 saturated heterocycles. The molecule has 1 amide bonds. The lowest BCUT2D eigenvalue weighted by molar-refractivity contribution is 0.102. The maximum absolute atomic E-state index is 12.8. The van der Waals surface area contributed by atoms with Gasteiger partial charge in [-0.1, -0.05) is 78.9 Å². The van der Waals surface area contributed by atoms with E-state index in [9.17, 15) is 4.79 Å². The van der Waals surface area contributed by atoms with Crippen LogP contribution in [0.1, 0.15) is 10.5 Å². The number of hydrogen-bond donors (Lipinski definition) is 1. The summed E-state index contributed by atoms with van der Waals surface area (Å²) in [4.78, 5) is 17.4. The highest BCUT2D eigenvalue weighted by molar-refractivity contribution is 6.04. The van der Waals surface area contributed by atoms with Crippen molar-refractivity contribution in [1.82, 2.24) is 4.98 Å². The van der Waals surface area contributed by atoms with Gasteiger partial charge in [0, 0.05) is 11.3 Å². The molecule has 0 aliphatic rings. The Morgan fingerprint density at radius 2 is 1.19 bits per heavy atom. The second kappa shape index (κ2) is 7.67. The van der Waals surface area contributed by atoms with Crippen LogP contribution in [0.2, 0.25) is 0 Å². The third kappa shape index (κ3) is 3.93. The summed E-state index contributed by atoms with van der Waals surface area (Å²) in [6, 6.07) is 33.2. The van der Waals surface area contributed by atoms with Crippen LogP contribution < -0.4 is 5.32 Å². The number of rotatable bonds is 4. The molecule has 130 valence electrons. The van der Waals surface area contributed by atoms with Gasteiger partial charge in [0.25, 0.3) is 5.91 Å². The van der Waals surface area contributed by atoms with E-state index in [1.165, 1.54) is 0 Å². The van der Waals surface area contributed by atoms with Crippen LogP contribution in [0.4, 0.5) is 5.69 Å². The minimum Gasteiger partial charge on any atom is -0.321 e. The Labute approximate surface area is 158 Å². The van der Waals surface area contributed by atoms with E-state index in [0.29, 0.717) is 5.69 Å². The molecule has 0 fully saturated rings. The number of carbonyl (C=O) groups excluding carboxylic acids is 1. The van der Waals surface area contributed by atoms with Gasteiger partial charge in [0.2, 0.25) is 0 Å². The molecule has 1 aromatic heterocycles. The SMILES string of the molecule is O=C(Nc1ccccc1)c1cc(-c2ccccc2)cc(-c2ccccc2)n1. The highest BCUT2D eigenvalue weighted by Crippen LogP contribution is 2.26. The Morgan fingerprint density at radius 3 is 1.81 bits per heavy atom. The average molecular weight is 350 g/mol. The molecular formula is C24H18N2O. The van der Waals surface area contributed by atoms with Gasteiger partial charge < -0.3 is 5.32 Å². The van der Waals surface area contributed by atoms with Gasteiger partial charge in [0.05, 0.1) is 5.69 Å². The maximum atomic E-state index is 12.8. The van der Waals surface area contributed by atoms with E-state index in [0.717, 1.165) is 28.1 Å². The fraction of sp³-hybridized carbons (Fsp3) is 0. The first-order chi connectivity index (χ1) is 13.3. The molecule has 3 heteroatoms. The molecule has 0 spiro atoms. The second-order valence-electron chi connectivity index (χ2n) is 6.18. The van der Waals surface area contributed by atoms with Crippen molar-refractivity contribution in [3.05, 3.63) is 109 Å². The maximum Gasteiger partial charge on any atom is 0.274 e. The summed E-state index contributed by atoms with van der Waals surface area (Å²) >= 11 is 0. The smallest absolute Gasteiger partial charge is 0.274 e. The topological polar surface area (TPSA) is 42.0 Å². The molecule has 4 rings (SSSR count). The van der Waals surface area contributed by atoms with Gasteiger partial charge in [0.1, 0.15) is 5.69 Å². The van der Waals surface area contributed by atoms with E-state index in [2.05, 4.69) is 10.3 Å². The fourth-order valence-electron chi connectivity index (χ4n) is 2.92. The summed E-state index contributed by atoms with van der Waals surface area (Å²) in [5.74, 6) is -0.226. The van der Waals surface area contributed by atoms with Crippen LogP contribution in [0, 0.1) is 0 Å². The van der Waals surface area contributed by atoms with Crippen LogP contribution >= 0.6 is 0 Å². The van der Waals surface area contributed by atoms with Crippen LogP contribution in [0.25, 0.3) is 22.4 Å². The summed E-state index contributed by atoms with van der Waals surface area (Å²) < 4.78 is 0. The molecule has 1 N–H and O–H groups in total. The van der Waals surface area contributed by atoms with Gasteiger partial charge in [-0.05, 0) is 35.4 Å². The first-order valence-electron chi connectivity index (χ1n) is 8.79. The fourth-order valence-corrected chi connectivity index (χ4v) is 2.92. The molecule has 0 aliphatic carbocycles. The minimum absolute atomic E-state index is 0.226. The number of hydrogen-bond acceptors (Lipinski definition) is 2. The van der Waals surface area contributed by atoms with Gasteiger partial charge in [-0.15, -0.1) is 0 Å². The predicted octanol–water partition coefficient (Wildman–Crippen LogP) is 5.67. The molecule has 0 aliphatic heterocycles. The Balaban J connectivity index is 1.77. The second-order valence-corrected chi connectivity index (χ2v) is 6.18. The van der Waals surface area contributed by atoms with Crippen molar-refractivity contribution < 1.29 is 4.79 Å². The van der Waals surface area contributed by atoms with E-state index in [4.69, 9.17) is 0 Å². The summed E-state index contributed by atoms with van der Waals surface area (Å²) in [6.45, 7) is 0. The number of nitrogens with zero attached hydrogens (tertiary/aromatic N) is 1. The standard InChI is InChI=1S/C24H18N2O/c27-24(25-21-14-8-3-9-15-21)23-17-20(18-10-4-1-5-11-18)16-22(26-23)19-12-6-2-7-13-19/h1-17H,(H,25,27). The molecule has 0 radical (unpaired) electrons. The number of aromatic nitrogens is 1. The summed E-state index contributed by atoms with van der Waals surface area (Å²) in [7, 11) is 0. The van der Waals surface area contributed by atoms with Crippen LogP contribution in [-0.2, 0) is 0 Å². The lowest BCUT2D eigenvalue weighted by Crippen LogP contribution is -2.14. The van der Waals surface area contributed by atoms with E-state index >= 15 is 0 Å². The number of pyridine rings is 1. The molecule has 4 aromatic rings. The van der Waals surface area contributed by atoms with Gasteiger partial charge in [-0.3, -0.25) is 4.79 Å². The zero-order valence-electron chi connectivity index (χ0n) is 14.7. The van der Waals surface area contributed by atoms with Crippen LogP contribution in [-0.4, -0.2) is 10.9 Å². The van der Waals surface area contributed by atoms with E-state index in [1.807, 2.05) is 103 Å². The lowest BCUT2D eigenvalue weighted by atomic mass is 10.0. The number of anilines is 1. The van der Waals surface area contributed by atoms with Gasteiger partial charge >= 0.3 is 0 Å². The van der Waals surface area contributed by atoms with Crippen LogP contribution in [0.15, 0.2) is 103 Å². The molecule has 3 aromatic carbocycles. The molecule has 0 atom stereocenters. The highest BCUT2D eigenvalue weighted by atomic mass is 16.1. The van der Waals surface area contributed by atoms with Crippen molar-refractivity contribution in [3.8, 4) is 22.4 Å². The van der Waals surface area contributed by atoms with E-state index < -0.39 is 0 Å². The first kappa shape index (κ1) is 16.7. The quantitative estimate of drug-likeness (QED) is 0.515. The Kier molecular flexibility index (Phi) is 4.75. The van der Waals surface area contributed by atoms with Gasteiger partial charge in [-0.2, -0.15) is 0 Å². The highest BCUT2D eigenvalue weighted by Gasteiger charge is 2.13. The third-order valence-corrected chi connectivity index (χ3v) is 4.27. The van der Waals surface area contributed by atoms with Crippen molar-refractivity contribution in [2.45, 2.75) is 0 Å². The van der Waals surface area contributed by atoms with Crippen molar-refractivity contribution in [1.29, 1.82) is 0 Å². The number of para-hydroxylation sites is 1. The van der Waals surface area contributed by atoms with Gasteiger partial charge in [-0.25, -0.2) is 4.98 Å². The zero-order valence-corrected chi connectivity index (χ0v) is 14.7. The number of carbonyl (C=O) groups is 1. The molecule has 1 heterocycles. The molecule has 0 unspecified atom stereocenters. The summed E-state index contributed by atoms with van der Waals surface area (Å²) in [5, 5.41) is 2.91. The molecular weight excluding hydrogens is 332 g/mol. The monoisotopic (exact) mass is 350 g/mol. The van der Waals surface area contributed by atoms with Crippen molar-refractivity contribution in [2.24, 2.45) is 0 Å². The largest absolute Gasteiger partial charge is 0.321 e. The van der Waals surface area contributed by atoms with Crippen LogP contribution in [0.5, 0.6) is 0 Å². The van der Waals surface area contributed by atoms with Crippen molar-refractivity contribution in [3.63, 3.8) is 0 Å². The predicted molar refractivity (Wildman–Crippen MR) is 110 cm³/mol. The average Bonchev–Trinajstić information content (AvgIpc) is 2.75. The summed E-state index contributed by atoms with van der Waals surface area (Å²) in [5.41, 5.74) is 4.89. The van der Waals surface area contributed by atoms with Crippen LogP contribution in [0.3, 0.4) is 0 Å². The van der Waals surface area contributed by atoms with Crippen molar-refractivity contribution in [2.75, 3.05) is 5.32 Å². The van der Waals surface area contributed by atoms with Crippen molar-refractivity contribution >= 4 is 11.6 Å².